The summed E-state index contributed by atoms with van der Waals surface area (Å²) >= 11 is 0. The Labute approximate surface area is 171 Å². The summed E-state index contributed by atoms with van der Waals surface area (Å²) in [4.78, 5) is 14.2. The Morgan fingerprint density at radius 2 is 1.80 bits per heavy atom. The molecule has 1 saturated heterocycles. The summed E-state index contributed by atoms with van der Waals surface area (Å²) in [6, 6.07) is 9.53. The van der Waals surface area contributed by atoms with Gasteiger partial charge in [0.25, 0.3) is 5.91 Å². The van der Waals surface area contributed by atoms with Crippen LogP contribution in [0.25, 0.3) is 11.3 Å². The van der Waals surface area contributed by atoms with Gasteiger partial charge in [-0.2, -0.15) is 5.10 Å². The summed E-state index contributed by atoms with van der Waals surface area (Å²) in [6.07, 6.45) is 3.55. The Hall–Kier alpha value is -3.09. The van der Waals surface area contributed by atoms with Crippen molar-refractivity contribution in [1.29, 1.82) is 0 Å². The summed E-state index contributed by atoms with van der Waals surface area (Å²) < 4.78 is 43.4. The molecule has 1 aliphatic carbocycles. The largest absolute Gasteiger partial charge is 0.337 e. The summed E-state index contributed by atoms with van der Waals surface area (Å²) in [5, 5.41) is 4.52. The van der Waals surface area contributed by atoms with E-state index in [0.717, 1.165) is 36.6 Å². The number of amides is 1. The van der Waals surface area contributed by atoms with Gasteiger partial charge in [-0.1, -0.05) is 12.1 Å². The van der Waals surface area contributed by atoms with E-state index in [1.807, 2.05) is 17.8 Å². The fourth-order valence-corrected chi connectivity index (χ4v) is 4.71. The monoisotopic (exact) mass is 411 g/mol. The Morgan fingerprint density at radius 3 is 2.53 bits per heavy atom. The summed E-state index contributed by atoms with van der Waals surface area (Å²) in [5.41, 5.74) is 1.53. The molecule has 154 valence electrons. The van der Waals surface area contributed by atoms with Crippen LogP contribution in [0, 0.1) is 29.8 Å². The Morgan fingerprint density at radius 1 is 1.07 bits per heavy atom. The molecule has 1 aliphatic heterocycles. The van der Waals surface area contributed by atoms with Gasteiger partial charge in [0.15, 0.2) is 0 Å². The van der Waals surface area contributed by atoms with Gasteiger partial charge >= 0.3 is 0 Å². The number of halogens is 3. The fraction of sp³-hybridized carbons (Fsp3) is 0.304. The second-order valence-electron chi connectivity index (χ2n) is 8.47. The third-order valence-electron chi connectivity index (χ3n) is 6.25. The lowest BCUT2D eigenvalue weighted by molar-refractivity contribution is -0.0739. The highest BCUT2D eigenvalue weighted by Gasteiger charge is 2.54. The molecule has 2 aromatic carbocycles. The van der Waals surface area contributed by atoms with Crippen molar-refractivity contribution >= 4 is 5.91 Å². The number of nitrogens with zero attached hydrogens (tertiary/aromatic N) is 3. The predicted octanol–water partition coefficient (Wildman–Crippen LogP) is 4.75. The van der Waals surface area contributed by atoms with E-state index < -0.39 is 17.5 Å². The van der Waals surface area contributed by atoms with Gasteiger partial charge in [0.2, 0.25) is 0 Å². The maximum atomic E-state index is 14.1. The highest BCUT2D eigenvalue weighted by atomic mass is 19.1. The van der Waals surface area contributed by atoms with Crippen LogP contribution < -0.4 is 0 Å². The lowest BCUT2D eigenvalue weighted by Crippen LogP contribution is -2.63. The molecule has 1 saturated carbocycles. The lowest BCUT2D eigenvalue weighted by Gasteiger charge is -2.58. The average molecular weight is 411 g/mol. The van der Waals surface area contributed by atoms with Gasteiger partial charge in [0, 0.05) is 30.3 Å². The van der Waals surface area contributed by atoms with E-state index in [-0.39, 0.29) is 28.5 Å². The first-order valence-corrected chi connectivity index (χ1v) is 9.90. The maximum Gasteiger partial charge on any atom is 0.256 e. The van der Waals surface area contributed by atoms with Crippen molar-refractivity contribution in [2.24, 2.45) is 5.41 Å². The number of likely N-dealkylation sites (tertiary alicyclic amines) is 1. The van der Waals surface area contributed by atoms with Crippen molar-refractivity contribution in [3.05, 3.63) is 77.2 Å². The number of benzene rings is 2. The van der Waals surface area contributed by atoms with Crippen molar-refractivity contribution in [1.82, 2.24) is 14.7 Å². The standard InChI is InChI=1S/C23H20F3N3O/c1-14-11-29(27-21(14)18-8-15(24)6-7-20(18)26)16-9-23(10-16)12-28(13-23)22(30)17-4-2-3-5-19(17)25/h2-8,11,16H,9-10,12-13H2,1H3. The minimum absolute atomic E-state index is 0.0374. The van der Waals surface area contributed by atoms with Crippen LogP contribution in [0.2, 0.25) is 0 Å². The van der Waals surface area contributed by atoms with Crippen LogP contribution >= 0.6 is 0 Å². The zero-order valence-electron chi connectivity index (χ0n) is 16.4. The third kappa shape index (κ3) is 3.00. The molecular formula is C23H20F3N3O. The maximum absolute atomic E-state index is 14.1. The van der Waals surface area contributed by atoms with Crippen LogP contribution in [0.1, 0.15) is 34.8 Å². The normalized spacial score (nSPS) is 17.7. The van der Waals surface area contributed by atoms with Crippen LogP contribution in [0.15, 0.2) is 48.7 Å². The molecule has 0 unspecified atom stereocenters. The molecule has 2 fully saturated rings. The molecule has 0 atom stereocenters. The third-order valence-corrected chi connectivity index (χ3v) is 6.25. The molecule has 0 N–H and O–H groups in total. The topological polar surface area (TPSA) is 38.1 Å². The van der Waals surface area contributed by atoms with Crippen molar-refractivity contribution in [3.63, 3.8) is 0 Å². The molecule has 0 radical (unpaired) electrons. The van der Waals surface area contributed by atoms with Crippen LogP contribution in [-0.4, -0.2) is 33.7 Å². The SMILES string of the molecule is Cc1cn(C2CC3(C2)CN(C(=O)c2ccccc2F)C3)nc1-c1cc(F)ccc1F. The highest BCUT2D eigenvalue weighted by molar-refractivity contribution is 5.95. The minimum atomic E-state index is -0.504. The summed E-state index contributed by atoms with van der Waals surface area (Å²) in [6.45, 7) is 3.03. The van der Waals surface area contributed by atoms with E-state index in [1.165, 1.54) is 12.1 Å². The Bertz CT molecular complexity index is 1140. The molecular weight excluding hydrogens is 391 g/mol. The van der Waals surface area contributed by atoms with Crippen LogP contribution in [0.5, 0.6) is 0 Å². The number of rotatable bonds is 3. The lowest BCUT2D eigenvalue weighted by atomic mass is 9.60. The second kappa shape index (κ2) is 6.72. The van der Waals surface area contributed by atoms with E-state index in [9.17, 15) is 18.0 Å². The molecule has 0 bridgehead atoms. The van der Waals surface area contributed by atoms with E-state index in [1.54, 1.807) is 17.0 Å². The number of carbonyl (C=O) groups is 1. The molecule has 5 rings (SSSR count). The number of aryl methyl sites for hydroxylation is 1. The zero-order valence-corrected chi connectivity index (χ0v) is 16.4. The quantitative estimate of drug-likeness (QED) is 0.624. The first-order chi connectivity index (χ1) is 14.3. The van der Waals surface area contributed by atoms with Gasteiger partial charge in [0.1, 0.15) is 17.5 Å². The predicted molar refractivity (Wildman–Crippen MR) is 105 cm³/mol. The van der Waals surface area contributed by atoms with Crippen molar-refractivity contribution in [2.75, 3.05) is 13.1 Å². The van der Waals surface area contributed by atoms with Gasteiger partial charge in [-0.25, -0.2) is 13.2 Å². The highest BCUT2D eigenvalue weighted by Crippen LogP contribution is 2.54. The molecule has 2 heterocycles. The molecule has 7 heteroatoms. The molecule has 1 amide bonds. The summed E-state index contributed by atoms with van der Waals surface area (Å²) in [5.74, 6) is -1.78. The molecule has 4 nitrogen and oxygen atoms in total. The minimum Gasteiger partial charge on any atom is -0.337 e. The first kappa shape index (κ1) is 18.9. The van der Waals surface area contributed by atoms with Gasteiger partial charge in [-0.15, -0.1) is 0 Å². The molecule has 1 aromatic heterocycles. The van der Waals surface area contributed by atoms with E-state index in [4.69, 9.17) is 0 Å². The number of hydrogen-bond donors (Lipinski definition) is 0. The fourth-order valence-electron chi connectivity index (χ4n) is 4.71. The van der Waals surface area contributed by atoms with Crippen LogP contribution in [-0.2, 0) is 0 Å². The number of carbonyl (C=O) groups excluding carboxylic acids is 1. The van der Waals surface area contributed by atoms with Crippen molar-refractivity contribution < 1.29 is 18.0 Å². The smallest absolute Gasteiger partial charge is 0.256 e. The van der Waals surface area contributed by atoms with Crippen LogP contribution in [0.4, 0.5) is 13.2 Å². The Kier molecular flexibility index (Phi) is 4.24. The van der Waals surface area contributed by atoms with Crippen molar-refractivity contribution in [3.8, 4) is 11.3 Å². The van der Waals surface area contributed by atoms with Crippen molar-refractivity contribution in [2.45, 2.75) is 25.8 Å². The van der Waals surface area contributed by atoms with Gasteiger partial charge in [-0.3, -0.25) is 9.48 Å². The molecule has 30 heavy (non-hydrogen) atoms. The van der Waals surface area contributed by atoms with Crippen LogP contribution in [0.3, 0.4) is 0 Å². The molecule has 2 aliphatic rings. The van der Waals surface area contributed by atoms with Gasteiger partial charge in [0.05, 0.1) is 17.3 Å². The zero-order chi connectivity index (χ0) is 21.0. The number of hydrogen-bond acceptors (Lipinski definition) is 2. The number of aromatic nitrogens is 2. The van der Waals surface area contributed by atoms with E-state index >= 15 is 0 Å². The Balaban J connectivity index is 1.26. The first-order valence-electron chi connectivity index (χ1n) is 9.90. The summed E-state index contributed by atoms with van der Waals surface area (Å²) in [7, 11) is 0. The van der Waals surface area contributed by atoms with Gasteiger partial charge in [-0.05, 0) is 55.7 Å². The average Bonchev–Trinajstić information content (AvgIpc) is 3.03. The van der Waals surface area contributed by atoms with E-state index in [0.29, 0.717) is 18.8 Å². The molecule has 3 aromatic rings. The second-order valence-corrected chi connectivity index (χ2v) is 8.47. The molecule has 1 spiro atoms. The van der Waals surface area contributed by atoms with Gasteiger partial charge < -0.3 is 4.90 Å². The van der Waals surface area contributed by atoms with E-state index in [2.05, 4.69) is 5.10 Å².